The molecule has 5 heterocycles. The molecule has 0 amide bonds. The maximum Gasteiger partial charge on any atom is 0.254 e. The highest BCUT2D eigenvalue weighted by Gasteiger charge is 2.21. The molecule has 0 spiro atoms. The second-order valence-electron chi connectivity index (χ2n) is 6.51. The quantitative estimate of drug-likeness (QED) is 0.462. The smallest absolute Gasteiger partial charge is 0.254 e. The third kappa shape index (κ3) is 2.57. The molecule has 0 radical (unpaired) electrons. The molecule has 29 heavy (non-hydrogen) atoms. The van der Waals surface area contributed by atoms with Crippen LogP contribution in [-0.2, 0) is 0 Å². The van der Waals surface area contributed by atoms with Crippen molar-refractivity contribution >= 4 is 5.78 Å². The highest BCUT2D eigenvalue weighted by atomic mass is 16.6. The molecule has 1 aromatic carbocycles. The van der Waals surface area contributed by atoms with E-state index in [2.05, 4.69) is 15.2 Å². The summed E-state index contributed by atoms with van der Waals surface area (Å²) in [5, 5.41) is 8.64. The van der Waals surface area contributed by atoms with Gasteiger partial charge < -0.3 is 18.3 Å². The van der Waals surface area contributed by atoms with Crippen LogP contribution in [0, 0.1) is 0 Å². The Morgan fingerprint density at radius 3 is 2.41 bits per heavy atom. The summed E-state index contributed by atoms with van der Waals surface area (Å²) in [5.41, 5.74) is 2.92. The van der Waals surface area contributed by atoms with Crippen molar-refractivity contribution in [1.29, 1.82) is 0 Å². The lowest BCUT2D eigenvalue weighted by Gasteiger charge is -2.18. The third-order valence-electron chi connectivity index (χ3n) is 4.74. The molecule has 8 heteroatoms. The fourth-order valence-corrected chi connectivity index (χ4v) is 3.43. The lowest BCUT2D eigenvalue weighted by molar-refractivity contribution is 0.171. The van der Waals surface area contributed by atoms with Crippen LogP contribution in [0.2, 0.25) is 0 Å². The Balaban J connectivity index is 1.56. The Hall–Kier alpha value is -4.07. The van der Waals surface area contributed by atoms with Crippen LogP contribution in [0.1, 0.15) is 0 Å². The summed E-state index contributed by atoms with van der Waals surface area (Å²) in [6.07, 6.45) is 5.12. The van der Waals surface area contributed by atoms with Crippen molar-refractivity contribution in [3.63, 3.8) is 0 Å². The summed E-state index contributed by atoms with van der Waals surface area (Å²) in [6, 6.07) is 13.1. The normalized spacial score (nSPS) is 13.1. The minimum absolute atomic E-state index is 0.455. The molecule has 142 valence electrons. The molecule has 0 aliphatic carbocycles. The van der Waals surface area contributed by atoms with E-state index < -0.39 is 0 Å². The standard InChI is InChI=1S/C21H14N4O4/c1-3-16(26-7-1)19-20(17-4-2-8-27-17)25-12-14(22-21(25)24-23-19)13-5-6-15-18(11-13)29-10-9-28-15/h1-8,11-12H,9-10H2. The highest BCUT2D eigenvalue weighted by Crippen LogP contribution is 2.36. The van der Waals surface area contributed by atoms with Crippen molar-refractivity contribution in [3.05, 3.63) is 61.2 Å². The van der Waals surface area contributed by atoms with Crippen LogP contribution in [0.4, 0.5) is 0 Å². The molecule has 0 bridgehead atoms. The summed E-state index contributed by atoms with van der Waals surface area (Å²) in [4.78, 5) is 4.65. The van der Waals surface area contributed by atoms with E-state index in [4.69, 9.17) is 18.3 Å². The molecule has 6 rings (SSSR count). The van der Waals surface area contributed by atoms with Gasteiger partial charge in [-0.25, -0.2) is 4.98 Å². The van der Waals surface area contributed by atoms with Crippen LogP contribution in [0.5, 0.6) is 11.5 Å². The molecule has 0 saturated carbocycles. The molecule has 0 unspecified atom stereocenters. The zero-order valence-corrected chi connectivity index (χ0v) is 15.1. The van der Waals surface area contributed by atoms with E-state index in [0.29, 0.717) is 47.6 Å². The fraction of sp³-hybridized carbons (Fsp3) is 0.0952. The van der Waals surface area contributed by atoms with Crippen LogP contribution in [-0.4, -0.2) is 32.8 Å². The molecule has 0 N–H and O–H groups in total. The summed E-state index contributed by atoms with van der Waals surface area (Å²) in [5.74, 6) is 3.14. The maximum absolute atomic E-state index is 5.70. The summed E-state index contributed by atoms with van der Waals surface area (Å²) in [7, 11) is 0. The monoisotopic (exact) mass is 386 g/mol. The summed E-state index contributed by atoms with van der Waals surface area (Å²) < 4.78 is 24.4. The Labute approximate surface area is 164 Å². The van der Waals surface area contributed by atoms with Gasteiger partial charge in [0.15, 0.2) is 28.7 Å². The van der Waals surface area contributed by atoms with Gasteiger partial charge in [-0.05, 0) is 42.5 Å². The van der Waals surface area contributed by atoms with Gasteiger partial charge in [0.2, 0.25) is 0 Å². The van der Waals surface area contributed by atoms with Gasteiger partial charge in [0, 0.05) is 11.8 Å². The molecule has 0 atom stereocenters. The number of ether oxygens (including phenoxy) is 2. The lowest BCUT2D eigenvalue weighted by Crippen LogP contribution is -2.15. The van der Waals surface area contributed by atoms with Crippen LogP contribution >= 0.6 is 0 Å². The highest BCUT2D eigenvalue weighted by molar-refractivity contribution is 5.75. The summed E-state index contributed by atoms with van der Waals surface area (Å²) >= 11 is 0. The number of imidazole rings is 1. The predicted octanol–water partition coefficient (Wildman–Crippen LogP) is 4.08. The first-order valence-corrected chi connectivity index (χ1v) is 9.10. The second kappa shape index (κ2) is 6.23. The number of rotatable bonds is 3. The average molecular weight is 386 g/mol. The maximum atomic E-state index is 5.70. The van der Waals surface area contributed by atoms with Crippen molar-refractivity contribution in [3.8, 4) is 45.7 Å². The van der Waals surface area contributed by atoms with E-state index in [1.54, 1.807) is 12.5 Å². The van der Waals surface area contributed by atoms with Crippen molar-refractivity contribution in [2.45, 2.75) is 0 Å². The van der Waals surface area contributed by atoms with Crippen LogP contribution < -0.4 is 9.47 Å². The van der Waals surface area contributed by atoms with Crippen molar-refractivity contribution in [1.82, 2.24) is 19.6 Å². The lowest BCUT2D eigenvalue weighted by atomic mass is 10.1. The van der Waals surface area contributed by atoms with Gasteiger partial charge in [-0.1, -0.05) is 0 Å². The fourth-order valence-electron chi connectivity index (χ4n) is 3.43. The number of fused-ring (bicyclic) bond motifs is 2. The number of nitrogens with zero attached hydrogens (tertiary/aromatic N) is 4. The van der Waals surface area contributed by atoms with Gasteiger partial charge in [-0.3, -0.25) is 4.40 Å². The molecule has 0 saturated heterocycles. The third-order valence-corrected chi connectivity index (χ3v) is 4.74. The van der Waals surface area contributed by atoms with E-state index in [0.717, 1.165) is 17.0 Å². The van der Waals surface area contributed by atoms with Crippen LogP contribution in [0.3, 0.4) is 0 Å². The number of hydrogen-bond donors (Lipinski definition) is 0. The second-order valence-corrected chi connectivity index (χ2v) is 6.51. The topological polar surface area (TPSA) is 87.8 Å². The molecule has 8 nitrogen and oxygen atoms in total. The van der Waals surface area contributed by atoms with Gasteiger partial charge in [0.1, 0.15) is 18.9 Å². The zero-order valence-electron chi connectivity index (χ0n) is 15.1. The Kier molecular flexibility index (Phi) is 3.43. The van der Waals surface area contributed by atoms with Gasteiger partial charge in [-0.15, -0.1) is 10.2 Å². The van der Waals surface area contributed by atoms with Gasteiger partial charge in [0.05, 0.1) is 18.2 Å². The Morgan fingerprint density at radius 1 is 0.828 bits per heavy atom. The molecular weight excluding hydrogens is 372 g/mol. The van der Waals surface area contributed by atoms with E-state index in [1.807, 2.05) is 53.1 Å². The van der Waals surface area contributed by atoms with E-state index in [-0.39, 0.29) is 0 Å². The van der Waals surface area contributed by atoms with E-state index in [9.17, 15) is 0 Å². The van der Waals surface area contributed by atoms with Crippen molar-refractivity contribution in [2.75, 3.05) is 13.2 Å². The van der Waals surface area contributed by atoms with Gasteiger partial charge in [-0.2, -0.15) is 0 Å². The molecule has 1 aliphatic heterocycles. The number of hydrogen-bond acceptors (Lipinski definition) is 7. The van der Waals surface area contributed by atoms with E-state index in [1.165, 1.54) is 0 Å². The van der Waals surface area contributed by atoms with Crippen molar-refractivity contribution < 1.29 is 18.3 Å². The minimum atomic E-state index is 0.455. The number of aromatic nitrogens is 4. The predicted molar refractivity (Wildman–Crippen MR) is 103 cm³/mol. The van der Waals surface area contributed by atoms with E-state index >= 15 is 0 Å². The SMILES string of the molecule is c1coc(-c2nnc3nc(-c4ccc5c(c4)OCCO5)cn3c2-c2ccco2)c1. The average Bonchev–Trinajstić information content (AvgIpc) is 3.54. The van der Waals surface area contributed by atoms with Crippen molar-refractivity contribution in [2.24, 2.45) is 0 Å². The van der Waals surface area contributed by atoms with Gasteiger partial charge in [0.25, 0.3) is 5.78 Å². The Bertz CT molecular complexity index is 1310. The molecule has 1 aliphatic rings. The number of benzene rings is 1. The first-order chi connectivity index (χ1) is 14.4. The first-order valence-electron chi connectivity index (χ1n) is 9.10. The zero-order chi connectivity index (χ0) is 19.2. The Morgan fingerprint density at radius 2 is 1.62 bits per heavy atom. The summed E-state index contributed by atoms with van der Waals surface area (Å²) in [6.45, 7) is 1.08. The van der Waals surface area contributed by atoms with Crippen LogP contribution in [0.25, 0.3) is 39.9 Å². The molecule has 4 aromatic heterocycles. The molecule has 5 aromatic rings. The van der Waals surface area contributed by atoms with Gasteiger partial charge >= 0.3 is 0 Å². The minimum Gasteiger partial charge on any atom is -0.486 e. The largest absolute Gasteiger partial charge is 0.486 e. The first kappa shape index (κ1) is 15.9. The molecule has 0 fully saturated rings. The number of furan rings is 2. The molecular formula is C21H14N4O4. The van der Waals surface area contributed by atoms with Crippen LogP contribution in [0.15, 0.2) is 70.0 Å².